The molecule has 3 saturated heterocycles. The molecule has 5 nitrogen and oxygen atoms in total. The van der Waals surface area contributed by atoms with Gasteiger partial charge in [-0.15, -0.1) is 0 Å². The minimum atomic E-state index is -0.193. The highest BCUT2D eigenvalue weighted by Gasteiger charge is 2.48. The van der Waals surface area contributed by atoms with Crippen LogP contribution in [0.25, 0.3) is 0 Å². The van der Waals surface area contributed by atoms with Crippen molar-refractivity contribution in [2.45, 2.75) is 45.1 Å². The van der Waals surface area contributed by atoms with Crippen LogP contribution in [0.1, 0.15) is 49.7 Å². The molecule has 1 unspecified atom stereocenters. The van der Waals surface area contributed by atoms with Crippen molar-refractivity contribution in [1.29, 1.82) is 0 Å². The van der Waals surface area contributed by atoms with Crippen LogP contribution in [0.4, 0.5) is 0 Å². The number of halogens is 1. The van der Waals surface area contributed by atoms with E-state index in [1.54, 1.807) is 0 Å². The smallest absolute Gasteiger partial charge is 0.229 e. The lowest BCUT2D eigenvalue weighted by Gasteiger charge is -2.39. The Morgan fingerprint density at radius 3 is 2.34 bits per heavy atom. The predicted octanol–water partition coefficient (Wildman–Crippen LogP) is 4.81. The molecule has 3 aliphatic heterocycles. The minimum Gasteiger partial charge on any atom is -0.342 e. The van der Waals surface area contributed by atoms with Gasteiger partial charge in [-0.1, -0.05) is 61.0 Å². The normalized spacial score (nSPS) is 24.5. The number of nitrogens with zero attached hydrogens (tertiary/aromatic N) is 3. The van der Waals surface area contributed by atoms with Gasteiger partial charge in [0.2, 0.25) is 11.8 Å². The topological polar surface area (TPSA) is 43.9 Å². The summed E-state index contributed by atoms with van der Waals surface area (Å²) < 4.78 is 0. The molecule has 35 heavy (non-hydrogen) atoms. The summed E-state index contributed by atoms with van der Waals surface area (Å²) in [7, 11) is 0. The Balaban J connectivity index is 1.20. The number of carbonyl (C=O) groups excluding carboxylic acids is 2. The molecule has 2 amide bonds. The van der Waals surface area contributed by atoms with Gasteiger partial charge in [0.15, 0.2) is 0 Å². The average molecular weight is 494 g/mol. The molecule has 3 fully saturated rings. The standard InChI is InChI=1S/C29H36ClN3O2/c1-2-27(34)33-20-24(26(21-33)23-6-4-3-5-7-23)19-31-15-12-29(13-16-31)14-17-32(28(29)35)18-22-8-10-25(30)11-9-22/h3-11,24,26H,2,12-21H2,1H3/t24-,26?/m0/s1. The van der Waals surface area contributed by atoms with Gasteiger partial charge >= 0.3 is 0 Å². The van der Waals surface area contributed by atoms with Crippen LogP contribution in [-0.4, -0.2) is 65.8 Å². The van der Waals surface area contributed by atoms with Crippen molar-refractivity contribution in [3.8, 4) is 0 Å². The van der Waals surface area contributed by atoms with E-state index in [1.165, 1.54) is 5.56 Å². The fourth-order valence-electron chi connectivity index (χ4n) is 6.37. The number of hydrogen-bond donors (Lipinski definition) is 0. The molecule has 0 radical (unpaired) electrons. The largest absolute Gasteiger partial charge is 0.342 e. The Kier molecular flexibility index (Phi) is 7.17. The van der Waals surface area contributed by atoms with Crippen LogP contribution < -0.4 is 0 Å². The molecule has 0 bridgehead atoms. The van der Waals surface area contributed by atoms with Gasteiger partial charge in [0.25, 0.3) is 0 Å². The highest BCUT2D eigenvalue weighted by molar-refractivity contribution is 6.30. The third kappa shape index (κ3) is 5.12. The summed E-state index contributed by atoms with van der Waals surface area (Å²) in [5.41, 5.74) is 2.28. The van der Waals surface area contributed by atoms with E-state index >= 15 is 0 Å². The molecule has 186 valence electrons. The second kappa shape index (κ2) is 10.3. The van der Waals surface area contributed by atoms with Gasteiger partial charge < -0.3 is 14.7 Å². The molecule has 0 aliphatic carbocycles. The highest BCUT2D eigenvalue weighted by Crippen LogP contribution is 2.43. The molecule has 2 aromatic rings. The van der Waals surface area contributed by atoms with Crippen LogP contribution in [-0.2, 0) is 16.1 Å². The second-order valence-electron chi connectivity index (χ2n) is 10.6. The van der Waals surface area contributed by atoms with Gasteiger partial charge in [0, 0.05) is 50.1 Å². The fraction of sp³-hybridized carbons (Fsp3) is 0.517. The molecular weight excluding hydrogens is 458 g/mol. The molecule has 0 saturated carbocycles. The lowest BCUT2D eigenvalue weighted by molar-refractivity contribution is -0.139. The molecule has 3 heterocycles. The SMILES string of the molecule is CCC(=O)N1CC(c2ccccc2)[C@@H](CN2CCC3(CC2)CCN(Cc2ccc(Cl)cc2)C3=O)C1. The summed E-state index contributed by atoms with van der Waals surface area (Å²) in [6.45, 7) is 8.02. The van der Waals surface area contributed by atoms with Gasteiger partial charge in [0.1, 0.15) is 0 Å². The number of carbonyl (C=O) groups is 2. The zero-order valence-electron chi connectivity index (χ0n) is 20.7. The molecule has 0 aromatic heterocycles. The van der Waals surface area contributed by atoms with Crippen molar-refractivity contribution < 1.29 is 9.59 Å². The van der Waals surface area contributed by atoms with Crippen LogP contribution in [0.15, 0.2) is 54.6 Å². The molecule has 2 atom stereocenters. The van der Waals surface area contributed by atoms with E-state index in [2.05, 4.69) is 40.1 Å². The predicted molar refractivity (Wildman–Crippen MR) is 139 cm³/mol. The quantitative estimate of drug-likeness (QED) is 0.580. The lowest BCUT2D eigenvalue weighted by Crippen LogP contribution is -2.46. The number of rotatable bonds is 6. The Hall–Kier alpha value is -2.37. The van der Waals surface area contributed by atoms with Crippen LogP contribution in [0.2, 0.25) is 5.02 Å². The molecule has 1 spiro atoms. The van der Waals surface area contributed by atoms with Crippen molar-refractivity contribution in [1.82, 2.24) is 14.7 Å². The number of piperidine rings is 1. The van der Waals surface area contributed by atoms with E-state index < -0.39 is 0 Å². The Morgan fingerprint density at radius 2 is 1.66 bits per heavy atom. The van der Waals surface area contributed by atoms with E-state index in [9.17, 15) is 9.59 Å². The van der Waals surface area contributed by atoms with Crippen LogP contribution in [0.3, 0.4) is 0 Å². The molecule has 6 heteroatoms. The number of hydrogen-bond acceptors (Lipinski definition) is 3. The first-order chi connectivity index (χ1) is 17.0. The average Bonchev–Trinajstić information content (AvgIpc) is 3.44. The third-order valence-electron chi connectivity index (χ3n) is 8.52. The maximum atomic E-state index is 13.4. The van der Waals surface area contributed by atoms with Gasteiger partial charge in [-0.25, -0.2) is 0 Å². The van der Waals surface area contributed by atoms with Crippen molar-refractivity contribution in [2.24, 2.45) is 11.3 Å². The first-order valence-electron chi connectivity index (χ1n) is 13.1. The first kappa shape index (κ1) is 24.3. The third-order valence-corrected chi connectivity index (χ3v) is 8.77. The van der Waals surface area contributed by atoms with Gasteiger partial charge in [-0.05, 0) is 61.5 Å². The molecule has 3 aliphatic rings. The molecule has 2 aromatic carbocycles. The van der Waals surface area contributed by atoms with Crippen LogP contribution in [0, 0.1) is 11.3 Å². The Morgan fingerprint density at radius 1 is 0.971 bits per heavy atom. The van der Waals surface area contributed by atoms with E-state index in [1.807, 2.05) is 36.1 Å². The number of amides is 2. The van der Waals surface area contributed by atoms with E-state index in [0.29, 0.717) is 30.7 Å². The first-order valence-corrected chi connectivity index (χ1v) is 13.4. The summed E-state index contributed by atoms with van der Waals surface area (Å²) in [6, 6.07) is 18.5. The second-order valence-corrected chi connectivity index (χ2v) is 11.1. The summed E-state index contributed by atoms with van der Waals surface area (Å²) in [4.78, 5) is 32.5. The number of likely N-dealkylation sites (tertiary alicyclic amines) is 3. The monoisotopic (exact) mass is 493 g/mol. The van der Waals surface area contributed by atoms with Gasteiger partial charge in [-0.3, -0.25) is 9.59 Å². The Labute approximate surface area is 214 Å². The van der Waals surface area contributed by atoms with E-state index in [4.69, 9.17) is 11.6 Å². The summed E-state index contributed by atoms with van der Waals surface area (Å²) >= 11 is 6.02. The van der Waals surface area contributed by atoms with Crippen molar-refractivity contribution in [3.63, 3.8) is 0 Å². The van der Waals surface area contributed by atoms with Crippen LogP contribution in [0.5, 0.6) is 0 Å². The van der Waals surface area contributed by atoms with Crippen molar-refractivity contribution in [2.75, 3.05) is 39.3 Å². The summed E-state index contributed by atoms with van der Waals surface area (Å²) in [6.07, 6.45) is 3.39. The zero-order chi connectivity index (χ0) is 24.4. The lowest BCUT2D eigenvalue weighted by atomic mass is 9.76. The summed E-state index contributed by atoms with van der Waals surface area (Å²) in [5, 5.41) is 0.726. The van der Waals surface area contributed by atoms with Crippen molar-refractivity contribution in [3.05, 3.63) is 70.7 Å². The minimum absolute atomic E-state index is 0.193. The Bertz CT molecular complexity index is 1030. The number of benzene rings is 2. The molecule has 0 N–H and O–H groups in total. The van der Waals surface area contributed by atoms with E-state index in [-0.39, 0.29) is 11.3 Å². The van der Waals surface area contributed by atoms with E-state index in [0.717, 1.165) is 69.1 Å². The fourth-order valence-corrected chi connectivity index (χ4v) is 6.50. The van der Waals surface area contributed by atoms with Gasteiger partial charge in [-0.2, -0.15) is 0 Å². The van der Waals surface area contributed by atoms with Gasteiger partial charge in [0.05, 0.1) is 5.41 Å². The maximum Gasteiger partial charge on any atom is 0.229 e. The summed E-state index contributed by atoms with van der Waals surface area (Å²) in [5.74, 6) is 1.39. The highest BCUT2D eigenvalue weighted by atomic mass is 35.5. The van der Waals surface area contributed by atoms with Crippen LogP contribution >= 0.6 is 11.6 Å². The molecule has 5 rings (SSSR count). The van der Waals surface area contributed by atoms with Crippen molar-refractivity contribution >= 4 is 23.4 Å². The maximum absolute atomic E-state index is 13.4. The molecular formula is C29H36ClN3O2. The zero-order valence-corrected chi connectivity index (χ0v) is 21.4.